The molecule has 80 valence electrons. The van der Waals surface area contributed by atoms with Gasteiger partial charge in [-0.3, -0.25) is 0 Å². The first-order chi connectivity index (χ1) is 6.99. The lowest BCUT2D eigenvalue weighted by Gasteiger charge is -2.25. The largest absolute Gasteiger partial charge is 0.478 e. The van der Waals surface area contributed by atoms with Gasteiger partial charge in [-0.2, -0.15) is 0 Å². The van der Waals surface area contributed by atoms with E-state index < -0.39 is 18.3 Å². The minimum Gasteiger partial charge on any atom is -0.478 e. The van der Waals surface area contributed by atoms with E-state index in [1.54, 1.807) is 12.1 Å². The van der Waals surface area contributed by atoms with Crippen LogP contribution in [0, 0.1) is 0 Å². The Balaban J connectivity index is 2.50. The normalized spacial score (nSPS) is 18.3. The van der Waals surface area contributed by atoms with Crippen LogP contribution in [0.2, 0.25) is 0 Å². The Labute approximate surface area is 85.5 Å². The summed E-state index contributed by atoms with van der Waals surface area (Å²) in [5, 5.41) is 8.87. The number of alkyl halides is 2. The lowest BCUT2D eigenvalue weighted by Crippen LogP contribution is -2.27. The number of aryl methyl sites for hydroxylation is 1. The zero-order chi connectivity index (χ0) is 11.1. The van der Waals surface area contributed by atoms with Gasteiger partial charge in [0.25, 0.3) is 5.92 Å². The smallest absolute Gasteiger partial charge is 0.335 e. The van der Waals surface area contributed by atoms with Crippen molar-refractivity contribution in [1.29, 1.82) is 0 Å². The van der Waals surface area contributed by atoms with Crippen LogP contribution in [0.1, 0.15) is 27.9 Å². The number of carboxylic acid groups (broad SMARTS) is 1. The van der Waals surface area contributed by atoms with Crippen molar-refractivity contribution in [3.05, 3.63) is 34.9 Å². The molecule has 1 aliphatic rings. The Morgan fingerprint density at radius 3 is 2.80 bits per heavy atom. The van der Waals surface area contributed by atoms with E-state index in [2.05, 4.69) is 0 Å². The molecule has 0 unspecified atom stereocenters. The average molecular weight is 212 g/mol. The first kappa shape index (κ1) is 10.1. The second kappa shape index (κ2) is 3.29. The van der Waals surface area contributed by atoms with Gasteiger partial charge in [-0.15, -0.1) is 0 Å². The van der Waals surface area contributed by atoms with Gasteiger partial charge in [-0.1, -0.05) is 12.1 Å². The fourth-order valence-electron chi connectivity index (χ4n) is 1.94. The number of carbonyl (C=O) groups is 1. The number of benzene rings is 1. The quantitative estimate of drug-likeness (QED) is 0.776. The molecule has 0 heterocycles. The molecule has 0 saturated carbocycles. The Morgan fingerprint density at radius 2 is 2.13 bits per heavy atom. The van der Waals surface area contributed by atoms with Crippen LogP contribution in [0.15, 0.2) is 18.2 Å². The van der Waals surface area contributed by atoms with E-state index in [4.69, 9.17) is 5.11 Å². The van der Waals surface area contributed by atoms with Crippen LogP contribution in [-0.4, -0.2) is 17.0 Å². The first-order valence-electron chi connectivity index (χ1n) is 4.71. The molecule has 0 aliphatic heterocycles. The maximum Gasteiger partial charge on any atom is 0.335 e. The molecule has 0 fully saturated rings. The van der Waals surface area contributed by atoms with E-state index >= 15 is 0 Å². The van der Waals surface area contributed by atoms with Crippen LogP contribution >= 0.6 is 0 Å². The Hall–Kier alpha value is -1.45. The van der Waals surface area contributed by atoms with Crippen LogP contribution in [0.5, 0.6) is 0 Å². The van der Waals surface area contributed by atoms with Gasteiger partial charge in [0.15, 0.2) is 0 Å². The second-order valence-electron chi connectivity index (χ2n) is 3.78. The molecule has 2 nitrogen and oxygen atoms in total. The molecule has 0 atom stereocenters. The monoisotopic (exact) mass is 212 g/mol. The molecule has 2 rings (SSSR count). The molecule has 1 aromatic carbocycles. The van der Waals surface area contributed by atoms with Crippen LogP contribution in [0.3, 0.4) is 0 Å². The summed E-state index contributed by atoms with van der Waals surface area (Å²) in [7, 11) is 0. The molecule has 0 bridgehead atoms. The minimum atomic E-state index is -2.77. The zero-order valence-electron chi connectivity index (χ0n) is 7.96. The standard InChI is InChI=1S/C11H10F2O2/c12-11(13)5-4-7-2-1-3-8(10(14)15)9(7)6-11/h1-3H,4-6H2,(H,14,15). The molecule has 15 heavy (non-hydrogen) atoms. The van der Waals surface area contributed by atoms with E-state index in [1.165, 1.54) is 6.07 Å². The predicted octanol–water partition coefficient (Wildman–Crippen LogP) is 2.51. The van der Waals surface area contributed by atoms with E-state index in [0.717, 1.165) is 5.56 Å². The number of fused-ring (bicyclic) bond motifs is 1. The van der Waals surface area contributed by atoms with Gasteiger partial charge in [0.05, 0.1) is 5.56 Å². The number of hydrogen-bond donors (Lipinski definition) is 1. The fourth-order valence-corrected chi connectivity index (χ4v) is 1.94. The van der Waals surface area contributed by atoms with Crippen LogP contribution in [0.25, 0.3) is 0 Å². The highest BCUT2D eigenvalue weighted by Crippen LogP contribution is 2.34. The van der Waals surface area contributed by atoms with Crippen molar-refractivity contribution in [2.75, 3.05) is 0 Å². The maximum absolute atomic E-state index is 13.1. The van der Waals surface area contributed by atoms with Crippen molar-refractivity contribution >= 4 is 5.97 Å². The fraction of sp³-hybridized carbons (Fsp3) is 0.364. The highest BCUT2D eigenvalue weighted by atomic mass is 19.3. The van der Waals surface area contributed by atoms with Crippen LogP contribution < -0.4 is 0 Å². The highest BCUT2D eigenvalue weighted by molar-refractivity contribution is 5.90. The minimum absolute atomic E-state index is 0.00637. The topological polar surface area (TPSA) is 37.3 Å². The van der Waals surface area contributed by atoms with Crippen molar-refractivity contribution in [3.8, 4) is 0 Å². The summed E-state index contributed by atoms with van der Waals surface area (Å²) in [5.41, 5.74) is 1.04. The van der Waals surface area contributed by atoms with Crippen LogP contribution in [0.4, 0.5) is 8.78 Å². The van der Waals surface area contributed by atoms with Gasteiger partial charge >= 0.3 is 5.97 Å². The van der Waals surface area contributed by atoms with Gasteiger partial charge in [-0.05, 0) is 23.6 Å². The first-order valence-corrected chi connectivity index (χ1v) is 4.71. The molecular weight excluding hydrogens is 202 g/mol. The Kier molecular flexibility index (Phi) is 2.21. The molecule has 1 aliphatic carbocycles. The van der Waals surface area contributed by atoms with E-state index in [0.29, 0.717) is 5.56 Å². The SMILES string of the molecule is O=C(O)c1cccc2c1CC(F)(F)CC2. The number of hydrogen-bond acceptors (Lipinski definition) is 1. The summed E-state index contributed by atoms with van der Waals surface area (Å²) < 4.78 is 26.3. The van der Waals surface area contributed by atoms with Crippen molar-refractivity contribution in [3.63, 3.8) is 0 Å². The summed E-state index contributed by atoms with van der Waals surface area (Å²) in [6.45, 7) is 0. The van der Waals surface area contributed by atoms with Gasteiger partial charge < -0.3 is 5.11 Å². The summed E-state index contributed by atoms with van der Waals surface area (Å²) >= 11 is 0. The summed E-state index contributed by atoms with van der Waals surface area (Å²) in [6.07, 6.45) is -0.392. The highest BCUT2D eigenvalue weighted by Gasteiger charge is 2.35. The Morgan fingerprint density at radius 1 is 1.40 bits per heavy atom. The molecule has 4 heteroatoms. The molecule has 0 spiro atoms. The van der Waals surface area contributed by atoms with Crippen molar-refractivity contribution < 1.29 is 18.7 Å². The molecule has 0 aromatic heterocycles. The molecule has 1 N–H and O–H groups in total. The second-order valence-corrected chi connectivity index (χ2v) is 3.78. The predicted molar refractivity (Wildman–Crippen MR) is 50.4 cm³/mol. The molecule has 0 saturated heterocycles. The third kappa shape index (κ3) is 1.84. The van der Waals surface area contributed by atoms with E-state index in [9.17, 15) is 13.6 Å². The van der Waals surface area contributed by atoms with Crippen molar-refractivity contribution in [2.24, 2.45) is 0 Å². The summed E-state index contributed by atoms with van der Waals surface area (Å²) in [5.74, 6) is -3.90. The maximum atomic E-state index is 13.1. The number of halogens is 2. The third-order valence-corrected chi connectivity index (χ3v) is 2.70. The zero-order valence-corrected chi connectivity index (χ0v) is 7.96. The van der Waals surface area contributed by atoms with Crippen molar-refractivity contribution in [1.82, 2.24) is 0 Å². The molecule has 0 amide bonds. The van der Waals surface area contributed by atoms with E-state index in [1.807, 2.05) is 0 Å². The third-order valence-electron chi connectivity index (χ3n) is 2.70. The molecule has 1 aromatic rings. The molecular formula is C11H10F2O2. The lowest BCUT2D eigenvalue weighted by atomic mass is 9.86. The number of rotatable bonds is 1. The van der Waals surface area contributed by atoms with Crippen LogP contribution in [-0.2, 0) is 12.8 Å². The van der Waals surface area contributed by atoms with Gasteiger partial charge in [0.1, 0.15) is 0 Å². The summed E-state index contributed by atoms with van der Waals surface area (Å²) in [6, 6.07) is 4.70. The van der Waals surface area contributed by atoms with Gasteiger partial charge in [0, 0.05) is 12.8 Å². The Bertz CT molecular complexity index is 413. The van der Waals surface area contributed by atoms with Gasteiger partial charge in [0.2, 0.25) is 0 Å². The van der Waals surface area contributed by atoms with Gasteiger partial charge in [-0.25, -0.2) is 13.6 Å². The average Bonchev–Trinajstić information content (AvgIpc) is 2.15. The van der Waals surface area contributed by atoms with E-state index in [-0.39, 0.29) is 18.4 Å². The number of aromatic carboxylic acids is 1. The number of carboxylic acids is 1. The summed E-state index contributed by atoms with van der Waals surface area (Å²) in [4.78, 5) is 10.8. The van der Waals surface area contributed by atoms with Crippen molar-refractivity contribution in [2.45, 2.75) is 25.2 Å². The lowest BCUT2D eigenvalue weighted by molar-refractivity contribution is -0.0124. The molecule has 0 radical (unpaired) electrons.